The average molecular weight is 300 g/mol. The Labute approximate surface area is 128 Å². The lowest BCUT2D eigenvalue weighted by Crippen LogP contribution is -2.28. The molecule has 0 fully saturated rings. The van der Waals surface area contributed by atoms with Gasteiger partial charge in [0.15, 0.2) is 10.9 Å². The van der Waals surface area contributed by atoms with Gasteiger partial charge in [0.05, 0.1) is 6.20 Å². The van der Waals surface area contributed by atoms with Crippen LogP contribution < -0.4 is 16.5 Å². The maximum Gasteiger partial charge on any atom is 0.191 e. The number of rotatable bonds is 3. The number of benzene rings is 1. The van der Waals surface area contributed by atoms with Gasteiger partial charge < -0.3 is 11.1 Å². The number of hydrazone groups is 1. The lowest BCUT2D eigenvalue weighted by atomic mass is 10.1. The highest BCUT2D eigenvalue weighted by Crippen LogP contribution is 2.15. The summed E-state index contributed by atoms with van der Waals surface area (Å²) in [6.45, 7) is 4.05. The van der Waals surface area contributed by atoms with Crippen LogP contribution in [0.2, 0.25) is 0 Å². The molecule has 0 radical (unpaired) electrons. The van der Waals surface area contributed by atoms with Crippen LogP contribution in [0.15, 0.2) is 41.9 Å². The predicted molar refractivity (Wildman–Crippen MR) is 88.0 cm³/mol. The minimum absolute atomic E-state index is 0.216. The third-order valence-electron chi connectivity index (χ3n) is 2.73. The van der Waals surface area contributed by atoms with Crippen molar-refractivity contribution in [2.45, 2.75) is 13.8 Å². The van der Waals surface area contributed by atoms with E-state index in [0.29, 0.717) is 10.8 Å². The first-order valence-electron chi connectivity index (χ1n) is 6.30. The van der Waals surface area contributed by atoms with Crippen molar-refractivity contribution in [3.63, 3.8) is 0 Å². The molecule has 1 aromatic heterocycles. The molecule has 21 heavy (non-hydrogen) atoms. The van der Waals surface area contributed by atoms with E-state index in [4.69, 9.17) is 18.0 Å². The maximum absolute atomic E-state index is 5.78. The number of aryl methyl sites for hydroxylation is 2. The fourth-order valence-corrected chi connectivity index (χ4v) is 1.86. The second-order valence-electron chi connectivity index (χ2n) is 4.47. The molecule has 0 bridgehead atoms. The number of hydrogen-bond donors (Lipinski definition) is 3. The smallest absolute Gasteiger partial charge is 0.191 e. The molecule has 2 aromatic rings. The minimum Gasteiger partial charge on any atom is -0.380 e. The van der Waals surface area contributed by atoms with Crippen LogP contribution in [0.4, 0.5) is 5.69 Å². The van der Waals surface area contributed by atoms with Crippen LogP contribution >= 0.6 is 12.2 Å². The second-order valence-corrected chi connectivity index (χ2v) is 4.88. The zero-order valence-corrected chi connectivity index (χ0v) is 12.6. The summed E-state index contributed by atoms with van der Waals surface area (Å²) in [5, 5.41) is 7.40. The van der Waals surface area contributed by atoms with Crippen molar-refractivity contribution in [3.8, 4) is 0 Å². The number of anilines is 1. The summed E-state index contributed by atoms with van der Waals surface area (Å²) in [6.07, 6.45) is 4.64. The summed E-state index contributed by atoms with van der Waals surface area (Å²) in [7, 11) is 0. The zero-order chi connectivity index (χ0) is 15.2. The summed E-state index contributed by atoms with van der Waals surface area (Å²) in [6, 6.07) is 6.05. The van der Waals surface area contributed by atoms with Crippen LogP contribution in [-0.2, 0) is 0 Å². The Balaban J connectivity index is 1.99. The zero-order valence-electron chi connectivity index (χ0n) is 11.8. The Hall–Kier alpha value is -2.54. The standard InChI is InChI=1S/C14H16N6S/c1-9-3-4-11(10(2)7-9)18-14(21)20-19-13(15)12-8-16-5-6-17-12/h3-8H,1-2H3,(H2,15,19)(H2,18,20,21). The Kier molecular flexibility index (Phi) is 4.78. The first kappa shape index (κ1) is 14.9. The van der Waals surface area contributed by atoms with Gasteiger partial charge in [0, 0.05) is 18.1 Å². The van der Waals surface area contributed by atoms with Gasteiger partial charge in [-0.2, -0.15) is 5.10 Å². The minimum atomic E-state index is 0.216. The molecule has 4 N–H and O–H groups in total. The molecule has 0 saturated heterocycles. The second kappa shape index (κ2) is 6.76. The molecule has 6 nitrogen and oxygen atoms in total. The largest absolute Gasteiger partial charge is 0.380 e. The van der Waals surface area contributed by atoms with E-state index in [0.717, 1.165) is 11.3 Å². The van der Waals surface area contributed by atoms with E-state index in [2.05, 4.69) is 31.9 Å². The first-order chi connectivity index (χ1) is 10.1. The SMILES string of the molecule is Cc1ccc(NC(=S)N/N=C(\N)c2cnccn2)c(C)c1. The van der Waals surface area contributed by atoms with Gasteiger partial charge in [-0.05, 0) is 37.7 Å². The summed E-state index contributed by atoms with van der Waals surface area (Å²) in [4.78, 5) is 7.96. The Morgan fingerprint density at radius 2 is 2.10 bits per heavy atom. The molecular formula is C14H16N6S. The van der Waals surface area contributed by atoms with Crippen molar-refractivity contribution in [3.05, 3.63) is 53.6 Å². The molecule has 108 valence electrons. The highest BCUT2D eigenvalue weighted by Gasteiger charge is 2.02. The van der Waals surface area contributed by atoms with Crippen LogP contribution in [0.3, 0.4) is 0 Å². The van der Waals surface area contributed by atoms with Crippen molar-refractivity contribution in [1.29, 1.82) is 0 Å². The van der Waals surface area contributed by atoms with Gasteiger partial charge in [0.25, 0.3) is 0 Å². The Bertz CT molecular complexity index is 668. The molecule has 0 unspecified atom stereocenters. The summed E-state index contributed by atoms with van der Waals surface area (Å²) < 4.78 is 0. The van der Waals surface area contributed by atoms with E-state index in [9.17, 15) is 0 Å². The third kappa shape index (κ3) is 4.22. The molecule has 0 amide bonds. The highest BCUT2D eigenvalue weighted by molar-refractivity contribution is 7.80. The quantitative estimate of drug-likeness (QED) is 0.346. The van der Waals surface area contributed by atoms with Crippen molar-refractivity contribution >= 4 is 28.9 Å². The predicted octanol–water partition coefficient (Wildman–Crippen LogP) is 1.70. The number of nitrogens with two attached hydrogens (primary N) is 1. The number of aromatic nitrogens is 2. The van der Waals surface area contributed by atoms with Gasteiger partial charge >= 0.3 is 0 Å². The summed E-state index contributed by atoms with van der Waals surface area (Å²) in [5.74, 6) is 0.216. The number of thiocarbonyl (C=S) groups is 1. The van der Waals surface area contributed by atoms with Gasteiger partial charge in [-0.1, -0.05) is 17.7 Å². The van der Waals surface area contributed by atoms with Crippen molar-refractivity contribution in [1.82, 2.24) is 15.4 Å². The molecule has 1 heterocycles. The van der Waals surface area contributed by atoms with Gasteiger partial charge in [0.2, 0.25) is 0 Å². The van der Waals surface area contributed by atoms with Crippen molar-refractivity contribution in [2.24, 2.45) is 10.8 Å². The molecule has 0 saturated carbocycles. The fourth-order valence-electron chi connectivity index (χ4n) is 1.70. The van der Waals surface area contributed by atoms with Crippen molar-refractivity contribution in [2.75, 3.05) is 5.32 Å². The van der Waals surface area contributed by atoms with Crippen LogP contribution in [0.5, 0.6) is 0 Å². The van der Waals surface area contributed by atoms with Crippen LogP contribution in [0, 0.1) is 13.8 Å². The lowest BCUT2D eigenvalue weighted by molar-refractivity contribution is 1.02. The molecule has 0 aliphatic heterocycles. The van der Waals surface area contributed by atoms with Crippen molar-refractivity contribution < 1.29 is 0 Å². The monoisotopic (exact) mass is 300 g/mol. The van der Waals surface area contributed by atoms with E-state index < -0.39 is 0 Å². The molecule has 0 spiro atoms. The molecule has 2 rings (SSSR count). The van der Waals surface area contributed by atoms with E-state index in [-0.39, 0.29) is 5.84 Å². The van der Waals surface area contributed by atoms with E-state index >= 15 is 0 Å². The highest BCUT2D eigenvalue weighted by atomic mass is 32.1. The number of nitrogens with zero attached hydrogens (tertiary/aromatic N) is 3. The van der Waals surface area contributed by atoms with Crippen LogP contribution in [0.1, 0.15) is 16.8 Å². The lowest BCUT2D eigenvalue weighted by Gasteiger charge is -2.10. The molecule has 0 atom stereocenters. The van der Waals surface area contributed by atoms with Gasteiger partial charge in [-0.15, -0.1) is 0 Å². The van der Waals surface area contributed by atoms with E-state index in [1.807, 2.05) is 26.0 Å². The molecule has 0 aliphatic rings. The maximum atomic E-state index is 5.78. The number of nitrogens with one attached hydrogen (secondary N) is 2. The third-order valence-corrected chi connectivity index (χ3v) is 2.93. The van der Waals surface area contributed by atoms with Gasteiger partial charge in [-0.3, -0.25) is 10.4 Å². The fraction of sp³-hybridized carbons (Fsp3) is 0.143. The summed E-state index contributed by atoms with van der Waals surface area (Å²) >= 11 is 5.18. The Morgan fingerprint density at radius 3 is 2.76 bits per heavy atom. The van der Waals surface area contributed by atoms with Gasteiger partial charge in [0.1, 0.15) is 5.69 Å². The molecule has 7 heteroatoms. The van der Waals surface area contributed by atoms with Crippen LogP contribution in [0.25, 0.3) is 0 Å². The number of amidine groups is 1. The normalized spacial score (nSPS) is 11.0. The first-order valence-corrected chi connectivity index (χ1v) is 6.71. The number of hydrogen-bond acceptors (Lipinski definition) is 4. The van der Waals surface area contributed by atoms with Crippen LogP contribution in [-0.4, -0.2) is 20.9 Å². The van der Waals surface area contributed by atoms with E-state index in [1.165, 1.54) is 11.8 Å². The Morgan fingerprint density at radius 1 is 1.29 bits per heavy atom. The topological polar surface area (TPSA) is 88.2 Å². The molecular weight excluding hydrogens is 284 g/mol. The molecule has 0 aliphatic carbocycles. The summed E-state index contributed by atoms with van der Waals surface area (Å²) in [5.41, 5.74) is 12.2. The van der Waals surface area contributed by atoms with E-state index in [1.54, 1.807) is 12.4 Å². The van der Waals surface area contributed by atoms with Gasteiger partial charge in [-0.25, -0.2) is 4.98 Å². The molecule has 1 aromatic carbocycles. The average Bonchev–Trinajstić information content (AvgIpc) is 2.48.